The quantitative estimate of drug-likeness (QED) is 0.666. The van der Waals surface area contributed by atoms with Crippen molar-refractivity contribution in [1.82, 2.24) is 4.98 Å². The van der Waals surface area contributed by atoms with E-state index in [-0.39, 0.29) is 0 Å². The topological polar surface area (TPSA) is 22.1 Å². The van der Waals surface area contributed by atoms with Crippen molar-refractivity contribution in [3.05, 3.63) is 21.5 Å². The second kappa shape index (κ2) is 2.97. The van der Waals surface area contributed by atoms with Gasteiger partial charge in [0.1, 0.15) is 5.75 Å². The van der Waals surface area contributed by atoms with Crippen LogP contribution >= 0.6 is 22.6 Å². The summed E-state index contributed by atoms with van der Waals surface area (Å²) >= 11 is 2.26. The lowest BCUT2D eigenvalue weighted by Gasteiger charge is -2.17. The zero-order valence-electron chi connectivity index (χ0n) is 6.01. The summed E-state index contributed by atoms with van der Waals surface area (Å²) in [4.78, 5) is 4.11. The normalized spacial score (nSPS) is 15.4. The first-order valence-corrected chi connectivity index (χ1v) is 4.71. The van der Waals surface area contributed by atoms with Gasteiger partial charge in [-0.2, -0.15) is 0 Å². The van der Waals surface area contributed by atoms with Gasteiger partial charge >= 0.3 is 0 Å². The standard InChI is InChI=1S/C8H8INO/c9-7-5-10-4-6-2-1-3-11-8(6)7/h4-5H,1-3H2. The Hall–Kier alpha value is -0.320. The molecule has 1 aliphatic heterocycles. The van der Waals surface area contributed by atoms with Gasteiger partial charge in [-0.25, -0.2) is 0 Å². The smallest absolute Gasteiger partial charge is 0.138 e. The molecule has 0 amide bonds. The van der Waals surface area contributed by atoms with Crippen LogP contribution in [-0.2, 0) is 6.42 Å². The number of aromatic nitrogens is 1. The Kier molecular flexibility index (Phi) is 1.98. The van der Waals surface area contributed by atoms with E-state index in [9.17, 15) is 0 Å². The molecule has 0 saturated heterocycles. The molecule has 1 aromatic heterocycles. The van der Waals surface area contributed by atoms with E-state index in [1.807, 2.05) is 12.4 Å². The lowest BCUT2D eigenvalue weighted by atomic mass is 10.1. The van der Waals surface area contributed by atoms with Crippen molar-refractivity contribution in [3.8, 4) is 5.75 Å². The number of fused-ring (bicyclic) bond motifs is 1. The molecule has 2 heterocycles. The molecule has 3 heteroatoms. The maximum atomic E-state index is 5.51. The van der Waals surface area contributed by atoms with Crippen LogP contribution in [0.15, 0.2) is 12.4 Å². The van der Waals surface area contributed by atoms with Gasteiger partial charge in [-0.05, 0) is 35.4 Å². The van der Waals surface area contributed by atoms with Crippen LogP contribution in [0, 0.1) is 3.57 Å². The monoisotopic (exact) mass is 261 g/mol. The van der Waals surface area contributed by atoms with Crippen LogP contribution in [-0.4, -0.2) is 11.6 Å². The van der Waals surface area contributed by atoms with Crippen molar-refractivity contribution >= 4 is 22.6 Å². The minimum Gasteiger partial charge on any atom is -0.492 e. The molecule has 0 radical (unpaired) electrons. The zero-order valence-corrected chi connectivity index (χ0v) is 8.17. The first kappa shape index (κ1) is 7.34. The Morgan fingerprint density at radius 1 is 1.45 bits per heavy atom. The number of pyridine rings is 1. The Morgan fingerprint density at radius 3 is 3.18 bits per heavy atom. The van der Waals surface area contributed by atoms with E-state index in [0.29, 0.717) is 0 Å². The van der Waals surface area contributed by atoms with Crippen molar-refractivity contribution in [2.75, 3.05) is 6.61 Å². The minimum atomic E-state index is 0.854. The Balaban J connectivity index is 2.49. The molecular weight excluding hydrogens is 253 g/mol. The van der Waals surface area contributed by atoms with Crippen LogP contribution in [0.3, 0.4) is 0 Å². The summed E-state index contributed by atoms with van der Waals surface area (Å²) in [7, 11) is 0. The van der Waals surface area contributed by atoms with Crippen LogP contribution in [0.4, 0.5) is 0 Å². The fourth-order valence-electron chi connectivity index (χ4n) is 1.24. The van der Waals surface area contributed by atoms with Gasteiger partial charge < -0.3 is 4.74 Å². The number of ether oxygens (including phenoxy) is 1. The predicted octanol–water partition coefficient (Wildman–Crippen LogP) is 2.01. The molecule has 0 N–H and O–H groups in total. The molecule has 58 valence electrons. The molecule has 0 fully saturated rings. The van der Waals surface area contributed by atoms with Crippen molar-refractivity contribution in [3.63, 3.8) is 0 Å². The average molecular weight is 261 g/mol. The predicted molar refractivity (Wildman–Crippen MR) is 50.8 cm³/mol. The Morgan fingerprint density at radius 2 is 2.36 bits per heavy atom. The Bertz CT molecular complexity index is 275. The fraction of sp³-hybridized carbons (Fsp3) is 0.375. The van der Waals surface area contributed by atoms with Gasteiger partial charge in [-0.15, -0.1) is 0 Å². The molecule has 0 atom stereocenters. The highest BCUT2D eigenvalue weighted by atomic mass is 127. The molecule has 0 saturated carbocycles. The van der Waals surface area contributed by atoms with Gasteiger partial charge in [0.05, 0.1) is 10.2 Å². The number of halogens is 1. The number of hydrogen-bond acceptors (Lipinski definition) is 2. The van der Waals surface area contributed by atoms with E-state index < -0.39 is 0 Å². The Labute approximate surface area is 79.1 Å². The van der Waals surface area contributed by atoms with Crippen LogP contribution in [0.2, 0.25) is 0 Å². The van der Waals surface area contributed by atoms with Gasteiger partial charge in [-0.1, -0.05) is 0 Å². The highest BCUT2D eigenvalue weighted by Crippen LogP contribution is 2.28. The third-order valence-electron chi connectivity index (χ3n) is 1.76. The summed E-state index contributed by atoms with van der Waals surface area (Å²) < 4.78 is 6.63. The summed E-state index contributed by atoms with van der Waals surface area (Å²) in [5.74, 6) is 1.05. The number of rotatable bonds is 0. The molecule has 0 aliphatic carbocycles. The third-order valence-corrected chi connectivity index (χ3v) is 2.53. The molecule has 0 aromatic carbocycles. The molecule has 0 bridgehead atoms. The largest absolute Gasteiger partial charge is 0.492 e. The molecule has 2 nitrogen and oxygen atoms in total. The van der Waals surface area contributed by atoms with Gasteiger partial charge in [0.15, 0.2) is 0 Å². The second-order valence-corrected chi connectivity index (χ2v) is 3.72. The molecule has 0 spiro atoms. The molecular formula is C8H8INO. The maximum Gasteiger partial charge on any atom is 0.138 e. The second-order valence-electron chi connectivity index (χ2n) is 2.56. The first-order chi connectivity index (χ1) is 5.38. The van der Waals surface area contributed by atoms with E-state index in [1.165, 1.54) is 5.56 Å². The maximum absolute atomic E-state index is 5.51. The molecule has 0 unspecified atom stereocenters. The summed E-state index contributed by atoms with van der Waals surface area (Å²) in [6.45, 7) is 0.854. The molecule has 2 rings (SSSR count). The third kappa shape index (κ3) is 1.34. The van der Waals surface area contributed by atoms with E-state index in [2.05, 4.69) is 27.6 Å². The number of hydrogen-bond donors (Lipinski definition) is 0. The highest BCUT2D eigenvalue weighted by Gasteiger charge is 2.12. The lowest BCUT2D eigenvalue weighted by molar-refractivity contribution is 0.285. The van der Waals surface area contributed by atoms with Crippen molar-refractivity contribution in [1.29, 1.82) is 0 Å². The van der Waals surface area contributed by atoms with Crippen LogP contribution in [0.1, 0.15) is 12.0 Å². The number of aryl methyl sites for hydroxylation is 1. The van der Waals surface area contributed by atoms with E-state index >= 15 is 0 Å². The highest BCUT2D eigenvalue weighted by molar-refractivity contribution is 14.1. The van der Waals surface area contributed by atoms with Crippen LogP contribution < -0.4 is 4.74 Å². The van der Waals surface area contributed by atoms with Gasteiger partial charge in [0, 0.05) is 18.0 Å². The summed E-state index contributed by atoms with van der Waals surface area (Å²) in [5.41, 5.74) is 1.25. The van der Waals surface area contributed by atoms with E-state index in [4.69, 9.17) is 4.74 Å². The average Bonchev–Trinajstić information content (AvgIpc) is 2.06. The summed E-state index contributed by atoms with van der Waals surface area (Å²) in [6, 6.07) is 0. The van der Waals surface area contributed by atoms with Crippen molar-refractivity contribution in [2.24, 2.45) is 0 Å². The first-order valence-electron chi connectivity index (χ1n) is 3.63. The lowest BCUT2D eigenvalue weighted by Crippen LogP contribution is -2.09. The number of nitrogens with zero attached hydrogens (tertiary/aromatic N) is 1. The summed E-state index contributed by atoms with van der Waals surface area (Å²) in [5, 5.41) is 0. The zero-order chi connectivity index (χ0) is 7.68. The van der Waals surface area contributed by atoms with E-state index in [0.717, 1.165) is 28.8 Å². The summed E-state index contributed by atoms with van der Waals surface area (Å²) in [6.07, 6.45) is 5.97. The molecule has 1 aliphatic rings. The fourth-order valence-corrected chi connectivity index (χ4v) is 1.90. The SMILES string of the molecule is Ic1cncc2c1OCCC2. The molecule has 11 heavy (non-hydrogen) atoms. The van der Waals surface area contributed by atoms with Crippen molar-refractivity contribution < 1.29 is 4.74 Å². The van der Waals surface area contributed by atoms with Crippen molar-refractivity contribution in [2.45, 2.75) is 12.8 Å². The molecule has 1 aromatic rings. The van der Waals surface area contributed by atoms with Gasteiger partial charge in [-0.3, -0.25) is 4.98 Å². The van der Waals surface area contributed by atoms with Gasteiger partial charge in [0.2, 0.25) is 0 Å². The van der Waals surface area contributed by atoms with Gasteiger partial charge in [0.25, 0.3) is 0 Å². The minimum absolute atomic E-state index is 0.854. The van der Waals surface area contributed by atoms with E-state index in [1.54, 1.807) is 0 Å². The van der Waals surface area contributed by atoms with Crippen LogP contribution in [0.5, 0.6) is 5.75 Å². The van der Waals surface area contributed by atoms with Crippen LogP contribution in [0.25, 0.3) is 0 Å².